The summed E-state index contributed by atoms with van der Waals surface area (Å²) in [7, 11) is 0. The minimum absolute atomic E-state index is 0.0139. The third-order valence-corrected chi connectivity index (χ3v) is 7.49. The van der Waals surface area contributed by atoms with Crippen LogP contribution >= 0.6 is 0 Å². The normalized spacial score (nSPS) is 29.0. The molecule has 3 rings (SSSR count). The molecule has 2 aliphatic rings. The Hall–Kier alpha value is -1.57. The fourth-order valence-corrected chi connectivity index (χ4v) is 5.03. The van der Waals surface area contributed by atoms with E-state index >= 15 is 0 Å². The van der Waals surface area contributed by atoms with Crippen LogP contribution in [0.1, 0.15) is 91.8 Å². The topological polar surface area (TPSA) is 37.3 Å². The molecule has 1 aromatic carbocycles. The fourth-order valence-electron chi connectivity index (χ4n) is 5.03. The van der Waals surface area contributed by atoms with Gasteiger partial charge in [-0.25, -0.2) is 0 Å². The van der Waals surface area contributed by atoms with Crippen molar-refractivity contribution in [1.82, 2.24) is 0 Å². The van der Waals surface area contributed by atoms with Gasteiger partial charge in [0.1, 0.15) is 5.75 Å². The SMILES string of the molecule is CC(C)(C)c1cc(C=C2C(=O)C3(C)CCC2C3(C)C)c(O)c(C(C)(C)C)c1. The molecule has 2 unspecified atom stereocenters. The van der Waals surface area contributed by atoms with E-state index in [0.29, 0.717) is 5.75 Å². The standard InChI is InChI=1S/C25H36O2/c1-22(2,3)16-12-15(20(26)19(14-16)23(4,5)6)13-17-18-10-11-25(9,21(17)27)24(18,7)8/h12-14,18,26H,10-11H2,1-9H3. The van der Waals surface area contributed by atoms with Crippen LogP contribution in [0.4, 0.5) is 0 Å². The number of fused-ring (bicyclic) bond motifs is 2. The maximum absolute atomic E-state index is 13.2. The van der Waals surface area contributed by atoms with E-state index in [4.69, 9.17) is 0 Å². The van der Waals surface area contributed by atoms with E-state index in [-0.39, 0.29) is 33.4 Å². The zero-order chi connectivity index (χ0) is 20.6. The van der Waals surface area contributed by atoms with E-state index in [2.05, 4.69) is 74.4 Å². The predicted octanol–water partition coefficient (Wildman–Crippen LogP) is 6.40. The van der Waals surface area contributed by atoms with Crippen molar-refractivity contribution in [1.29, 1.82) is 0 Å². The second-order valence-corrected chi connectivity index (χ2v) is 11.5. The second kappa shape index (κ2) is 5.72. The largest absolute Gasteiger partial charge is 0.507 e. The van der Waals surface area contributed by atoms with Gasteiger partial charge in [0.15, 0.2) is 5.78 Å². The number of hydrogen-bond donors (Lipinski definition) is 1. The predicted molar refractivity (Wildman–Crippen MR) is 113 cm³/mol. The van der Waals surface area contributed by atoms with Crippen molar-refractivity contribution in [2.24, 2.45) is 16.7 Å². The van der Waals surface area contributed by atoms with Gasteiger partial charge in [0.05, 0.1) is 0 Å². The first-order chi connectivity index (χ1) is 12.1. The number of hydrogen-bond acceptors (Lipinski definition) is 2. The molecule has 2 saturated carbocycles. The van der Waals surface area contributed by atoms with Gasteiger partial charge in [-0.2, -0.15) is 0 Å². The average molecular weight is 369 g/mol. The molecular weight excluding hydrogens is 332 g/mol. The van der Waals surface area contributed by atoms with Crippen molar-refractivity contribution < 1.29 is 9.90 Å². The number of phenolic OH excluding ortho intramolecular Hbond substituents is 1. The van der Waals surface area contributed by atoms with Crippen LogP contribution in [0, 0.1) is 16.7 Å². The summed E-state index contributed by atoms with van der Waals surface area (Å²) in [5.41, 5.74) is 3.37. The van der Waals surface area contributed by atoms with Gasteiger partial charge in [0, 0.05) is 22.1 Å². The molecule has 1 N–H and O–H groups in total. The molecule has 2 atom stereocenters. The maximum atomic E-state index is 13.2. The summed E-state index contributed by atoms with van der Waals surface area (Å²) in [4.78, 5) is 13.2. The zero-order valence-electron chi connectivity index (χ0n) is 18.6. The van der Waals surface area contributed by atoms with Crippen LogP contribution in [0.3, 0.4) is 0 Å². The van der Waals surface area contributed by atoms with Gasteiger partial charge in [0.2, 0.25) is 0 Å². The number of carbonyl (C=O) groups excluding carboxylic acids is 1. The van der Waals surface area contributed by atoms with Crippen molar-refractivity contribution in [2.75, 3.05) is 0 Å². The van der Waals surface area contributed by atoms with Crippen molar-refractivity contribution >= 4 is 11.9 Å². The lowest BCUT2D eigenvalue weighted by Crippen LogP contribution is -2.32. The van der Waals surface area contributed by atoms with E-state index in [1.807, 2.05) is 6.08 Å². The van der Waals surface area contributed by atoms with Gasteiger partial charge < -0.3 is 5.11 Å². The van der Waals surface area contributed by atoms with Crippen LogP contribution in [0.25, 0.3) is 6.08 Å². The van der Waals surface area contributed by atoms with Crippen molar-refractivity contribution in [2.45, 2.75) is 86.0 Å². The van der Waals surface area contributed by atoms with E-state index in [9.17, 15) is 9.90 Å². The highest BCUT2D eigenvalue weighted by molar-refractivity contribution is 6.08. The quantitative estimate of drug-likeness (QED) is 0.583. The van der Waals surface area contributed by atoms with E-state index in [1.165, 1.54) is 5.56 Å². The first-order valence-electron chi connectivity index (χ1n) is 10.2. The molecule has 0 radical (unpaired) electrons. The Balaban J connectivity index is 2.21. The molecule has 1 aromatic rings. The van der Waals surface area contributed by atoms with E-state index in [1.54, 1.807) is 0 Å². The number of allylic oxidation sites excluding steroid dienone is 1. The van der Waals surface area contributed by atoms with Crippen molar-refractivity contribution in [3.8, 4) is 5.75 Å². The van der Waals surface area contributed by atoms with Gasteiger partial charge in [0.25, 0.3) is 0 Å². The molecule has 0 aromatic heterocycles. The van der Waals surface area contributed by atoms with Crippen LogP contribution in [0.15, 0.2) is 17.7 Å². The summed E-state index contributed by atoms with van der Waals surface area (Å²) in [6.07, 6.45) is 4.04. The van der Waals surface area contributed by atoms with Crippen molar-refractivity contribution in [3.63, 3.8) is 0 Å². The lowest BCUT2D eigenvalue weighted by atomic mass is 9.70. The highest BCUT2D eigenvalue weighted by Crippen LogP contribution is 2.65. The highest BCUT2D eigenvalue weighted by atomic mass is 16.3. The fraction of sp³-hybridized carbons (Fsp3) is 0.640. The summed E-state index contributed by atoms with van der Waals surface area (Å²) >= 11 is 0. The summed E-state index contributed by atoms with van der Waals surface area (Å²) < 4.78 is 0. The first kappa shape index (κ1) is 20.2. The van der Waals surface area contributed by atoms with Gasteiger partial charge in [-0.05, 0) is 52.7 Å². The molecule has 0 aliphatic heterocycles. The monoisotopic (exact) mass is 368 g/mol. The molecule has 0 spiro atoms. The van der Waals surface area contributed by atoms with E-state index < -0.39 is 0 Å². The molecular formula is C25H36O2. The molecule has 2 fully saturated rings. The molecule has 27 heavy (non-hydrogen) atoms. The number of phenols is 1. The molecule has 2 heteroatoms. The van der Waals surface area contributed by atoms with Gasteiger partial charge in [-0.1, -0.05) is 68.4 Å². The maximum Gasteiger partial charge on any atom is 0.165 e. The molecule has 2 nitrogen and oxygen atoms in total. The average Bonchev–Trinajstić information content (AvgIpc) is 2.80. The molecule has 0 saturated heterocycles. The Morgan fingerprint density at radius 1 is 1.04 bits per heavy atom. The number of ketones is 1. The van der Waals surface area contributed by atoms with Crippen LogP contribution < -0.4 is 0 Å². The minimum Gasteiger partial charge on any atom is -0.507 e. The minimum atomic E-state index is -0.270. The number of carbonyl (C=O) groups is 1. The van der Waals surface area contributed by atoms with Crippen LogP contribution in [-0.4, -0.2) is 10.9 Å². The van der Waals surface area contributed by atoms with Gasteiger partial charge >= 0.3 is 0 Å². The second-order valence-electron chi connectivity index (χ2n) is 11.5. The highest BCUT2D eigenvalue weighted by Gasteiger charge is 2.63. The third-order valence-electron chi connectivity index (χ3n) is 7.49. The molecule has 148 valence electrons. The zero-order valence-corrected chi connectivity index (χ0v) is 18.6. The lowest BCUT2D eigenvalue weighted by Gasteiger charge is -2.31. The lowest BCUT2D eigenvalue weighted by molar-refractivity contribution is -0.125. The van der Waals surface area contributed by atoms with Crippen LogP contribution in [-0.2, 0) is 15.6 Å². The number of benzene rings is 1. The van der Waals surface area contributed by atoms with Crippen LogP contribution in [0.5, 0.6) is 5.75 Å². The Morgan fingerprint density at radius 2 is 1.63 bits per heavy atom. The Kier molecular flexibility index (Phi) is 4.27. The Bertz CT molecular complexity index is 827. The van der Waals surface area contributed by atoms with Crippen LogP contribution in [0.2, 0.25) is 0 Å². The number of Topliss-reactive ketones (excluding diaryl/α,β-unsaturated/α-hetero) is 1. The van der Waals surface area contributed by atoms with E-state index in [0.717, 1.165) is 29.5 Å². The number of aromatic hydroxyl groups is 1. The van der Waals surface area contributed by atoms with Gasteiger partial charge in [-0.15, -0.1) is 0 Å². The third kappa shape index (κ3) is 2.87. The van der Waals surface area contributed by atoms with Gasteiger partial charge in [-0.3, -0.25) is 4.79 Å². The molecule has 0 amide bonds. The Labute approximate surface area is 165 Å². The molecule has 2 aliphatic carbocycles. The number of rotatable bonds is 1. The summed E-state index contributed by atoms with van der Waals surface area (Å²) in [6.45, 7) is 19.5. The smallest absolute Gasteiger partial charge is 0.165 e. The molecule has 2 bridgehead atoms. The summed E-state index contributed by atoms with van der Waals surface area (Å²) in [6, 6.07) is 4.21. The Morgan fingerprint density at radius 3 is 2.07 bits per heavy atom. The van der Waals surface area contributed by atoms with Crippen molar-refractivity contribution in [3.05, 3.63) is 34.4 Å². The first-order valence-corrected chi connectivity index (χ1v) is 10.2. The summed E-state index contributed by atoms with van der Waals surface area (Å²) in [5.74, 6) is 0.883. The molecule has 0 heterocycles. The summed E-state index contributed by atoms with van der Waals surface area (Å²) in [5, 5.41) is 11.1.